The van der Waals surface area contributed by atoms with Gasteiger partial charge in [-0.1, -0.05) is 6.07 Å². The molecule has 0 aliphatic rings. The minimum atomic E-state index is -0.440. The molecule has 98 valence electrons. The minimum absolute atomic E-state index is 0.440. The maximum atomic E-state index is 9.20. The highest BCUT2D eigenvalue weighted by Crippen LogP contribution is 2.26. The summed E-state index contributed by atoms with van der Waals surface area (Å²) in [7, 11) is 4.12. The summed E-state index contributed by atoms with van der Waals surface area (Å²) in [6.07, 6.45) is 0. The van der Waals surface area contributed by atoms with Gasteiger partial charge in [0.15, 0.2) is 0 Å². The molecule has 0 atom stereocenters. The third kappa shape index (κ3) is 4.05. The van der Waals surface area contributed by atoms with Gasteiger partial charge in [-0.15, -0.1) is 0 Å². The molecule has 0 amide bonds. The van der Waals surface area contributed by atoms with E-state index in [4.69, 9.17) is 0 Å². The van der Waals surface area contributed by atoms with Gasteiger partial charge in [-0.3, -0.25) is 0 Å². The van der Waals surface area contributed by atoms with Gasteiger partial charge < -0.3 is 10.2 Å². The monoisotopic (exact) mass is 245 g/mol. The quantitative estimate of drug-likeness (QED) is 0.867. The highest BCUT2D eigenvalue weighted by atomic mass is 15.1. The number of hydrogen-bond donors (Lipinski definition) is 1. The molecule has 0 aliphatic heterocycles. The van der Waals surface area contributed by atoms with Gasteiger partial charge in [0.2, 0.25) is 0 Å². The topological polar surface area (TPSA) is 39.1 Å². The number of hydrogen-bond acceptors (Lipinski definition) is 3. The standard InChI is InChI=1S/C15H23N3/c1-12-8-13(15(2,3)11-16)10-14(9-12)17-6-7-18(4)5/h8-10,17H,6-7H2,1-5H3. The van der Waals surface area contributed by atoms with Crippen LogP contribution in [0.1, 0.15) is 25.0 Å². The molecule has 3 nitrogen and oxygen atoms in total. The van der Waals surface area contributed by atoms with E-state index >= 15 is 0 Å². The summed E-state index contributed by atoms with van der Waals surface area (Å²) in [6, 6.07) is 8.63. The molecule has 0 spiro atoms. The molecule has 3 heteroatoms. The fourth-order valence-corrected chi connectivity index (χ4v) is 1.73. The number of likely N-dealkylation sites (N-methyl/N-ethyl adjacent to an activating group) is 1. The Morgan fingerprint density at radius 2 is 1.94 bits per heavy atom. The molecule has 0 unspecified atom stereocenters. The zero-order chi connectivity index (χ0) is 13.8. The van der Waals surface area contributed by atoms with Crippen molar-refractivity contribution in [2.45, 2.75) is 26.2 Å². The van der Waals surface area contributed by atoms with Crippen molar-refractivity contribution in [3.05, 3.63) is 29.3 Å². The van der Waals surface area contributed by atoms with Crippen LogP contribution in [-0.2, 0) is 5.41 Å². The van der Waals surface area contributed by atoms with E-state index in [0.29, 0.717) is 0 Å². The molecule has 0 heterocycles. The maximum Gasteiger partial charge on any atom is 0.0767 e. The summed E-state index contributed by atoms with van der Waals surface area (Å²) in [5, 5.41) is 12.6. The Balaban J connectivity index is 2.85. The van der Waals surface area contributed by atoms with Crippen molar-refractivity contribution in [3.8, 4) is 6.07 Å². The molecule has 0 radical (unpaired) electrons. The van der Waals surface area contributed by atoms with Crippen molar-refractivity contribution in [2.24, 2.45) is 0 Å². The largest absolute Gasteiger partial charge is 0.384 e. The van der Waals surface area contributed by atoms with Crippen LogP contribution in [0.2, 0.25) is 0 Å². The zero-order valence-electron chi connectivity index (χ0n) is 12.0. The molecule has 1 aromatic carbocycles. The van der Waals surface area contributed by atoms with E-state index in [1.807, 2.05) is 13.8 Å². The van der Waals surface area contributed by atoms with Crippen LogP contribution < -0.4 is 5.32 Å². The average Bonchev–Trinajstić information content (AvgIpc) is 2.27. The molecule has 0 saturated carbocycles. The Hall–Kier alpha value is -1.53. The van der Waals surface area contributed by atoms with Gasteiger partial charge in [0, 0.05) is 18.8 Å². The third-order valence-electron chi connectivity index (χ3n) is 2.97. The minimum Gasteiger partial charge on any atom is -0.384 e. The van der Waals surface area contributed by atoms with E-state index in [9.17, 15) is 5.26 Å². The van der Waals surface area contributed by atoms with Gasteiger partial charge in [0.25, 0.3) is 0 Å². The van der Waals surface area contributed by atoms with Crippen LogP contribution in [0, 0.1) is 18.3 Å². The molecule has 0 aliphatic carbocycles. The van der Waals surface area contributed by atoms with Crippen LogP contribution in [0.3, 0.4) is 0 Å². The number of anilines is 1. The molecule has 1 rings (SSSR count). The summed E-state index contributed by atoms with van der Waals surface area (Å²) >= 11 is 0. The number of nitriles is 1. The first kappa shape index (κ1) is 14.5. The van der Waals surface area contributed by atoms with Crippen molar-refractivity contribution in [1.29, 1.82) is 5.26 Å². The third-order valence-corrected chi connectivity index (χ3v) is 2.97. The molecule has 0 saturated heterocycles. The molecule has 0 aromatic heterocycles. The highest BCUT2D eigenvalue weighted by Gasteiger charge is 2.20. The first-order valence-corrected chi connectivity index (χ1v) is 6.27. The van der Waals surface area contributed by atoms with Crippen molar-refractivity contribution in [1.82, 2.24) is 4.90 Å². The molecule has 1 N–H and O–H groups in total. The van der Waals surface area contributed by atoms with Crippen LogP contribution in [-0.4, -0.2) is 32.1 Å². The van der Waals surface area contributed by atoms with Crippen LogP contribution in [0.15, 0.2) is 18.2 Å². The van der Waals surface area contributed by atoms with Crippen molar-refractivity contribution in [2.75, 3.05) is 32.5 Å². The second kappa shape index (κ2) is 5.88. The Morgan fingerprint density at radius 1 is 1.28 bits per heavy atom. The summed E-state index contributed by atoms with van der Waals surface area (Å²) in [6.45, 7) is 7.86. The first-order valence-electron chi connectivity index (χ1n) is 6.27. The van der Waals surface area contributed by atoms with E-state index in [2.05, 4.69) is 55.5 Å². The first-order chi connectivity index (χ1) is 8.35. The number of benzene rings is 1. The summed E-state index contributed by atoms with van der Waals surface area (Å²) in [5.41, 5.74) is 2.90. The van der Waals surface area contributed by atoms with Gasteiger partial charge in [-0.25, -0.2) is 0 Å². The summed E-state index contributed by atoms with van der Waals surface area (Å²) in [5.74, 6) is 0. The Morgan fingerprint density at radius 3 is 2.50 bits per heavy atom. The molecule has 18 heavy (non-hydrogen) atoms. The number of rotatable bonds is 5. The lowest BCUT2D eigenvalue weighted by Gasteiger charge is -2.19. The van der Waals surface area contributed by atoms with Crippen molar-refractivity contribution in [3.63, 3.8) is 0 Å². The van der Waals surface area contributed by atoms with E-state index < -0.39 is 5.41 Å². The van der Waals surface area contributed by atoms with Gasteiger partial charge in [-0.05, 0) is 58.1 Å². The summed E-state index contributed by atoms with van der Waals surface area (Å²) < 4.78 is 0. The fourth-order valence-electron chi connectivity index (χ4n) is 1.73. The second-order valence-electron chi connectivity index (χ2n) is 5.55. The molecule has 1 aromatic rings. The normalized spacial score (nSPS) is 11.4. The van der Waals surface area contributed by atoms with E-state index in [1.54, 1.807) is 0 Å². The van der Waals surface area contributed by atoms with Gasteiger partial charge in [-0.2, -0.15) is 5.26 Å². The van der Waals surface area contributed by atoms with Crippen molar-refractivity contribution >= 4 is 5.69 Å². The molecular formula is C15H23N3. The number of aryl methyl sites for hydroxylation is 1. The lowest BCUT2D eigenvalue weighted by atomic mass is 9.85. The second-order valence-corrected chi connectivity index (χ2v) is 5.55. The lowest BCUT2D eigenvalue weighted by molar-refractivity contribution is 0.425. The summed E-state index contributed by atoms with van der Waals surface area (Å²) in [4.78, 5) is 2.14. The smallest absolute Gasteiger partial charge is 0.0767 e. The maximum absolute atomic E-state index is 9.20. The lowest BCUT2D eigenvalue weighted by Crippen LogP contribution is -2.21. The SMILES string of the molecule is Cc1cc(NCCN(C)C)cc(C(C)(C)C#N)c1. The van der Waals surface area contributed by atoms with E-state index in [-0.39, 0.29) is 0 Å². The van der Waals surface area contributed by atoms with Crippen LogP contribution in [0.5, 0.6) is 0 Å². The van der Waals surface area contributed by atoms with E-state index in [0.717, 1.165) is 24.3 Å². The predicted octanol–water partition coefficient (Wildman–Crippen LogP) is 2.77. The predicted molar refractivity (Wildman–Crippen MR) is 76.9 cm³/mol. The van der Waals surface area contributed by atoms with Crippen LogP contribution in [0.4, 0.5) is 5.69 Å². The van der Waals surface area contributed by atoms with Gasteiger partial charge >= 0.3 is 0 Å². The molecule has 0 fully saturated rings. The Kier molecular flexibility index (Phi) is 4.75. The highest BCUT2D eigenvalue weighted by molar-refractivity contribution is 5.51. The molecular weight excluding hydrogens is 222 g/mol. The Labute approximate surface area is 110 Å². The van der Waals surface area contributed by atoms with Crippen molar-refractivity contribution < 1.29 is 0 Å². The van der Waals surface area contributed by atoms with Crippen LogP contribution >= 0.6 is 0 Å². The number of nitrogens with one attached hydrogen (secondary N) is 1. The Bertz CT molecular complexity index is 442. The zero-order valence-corrected chi connectivity index (χ0v) is 12.0. The fraction of sp³-hybridized carbons (Fsp3) is 0.533. The van der Waals surface area contributed by atoms with Crippen LogP contribution in [0.25, 0.3) is 0 Å². The number of nitrogens with zero attached hydrogens (tertiary/aromatic N) is 2. The average molecular weight is 245 g/mol. The van der Waals surface area contributed by atoms with E-state index in [1.165, 1.54) is 5.56 Å². The van der Waals surface area contributed by atoms with Gasteiger partial charge in [0.1, 0.15) is 0 Å². The van der Waals surface area contributed by atoms with Gasteiger partial charge in [0.05, 0.1) is 11.5 Å². The molecule has 0 bridgehead atoms.